The molecule has 3 atom stereocenters. The second-order valence-corrected chi connectivity index (χ2v) is 23.0. The first-order valence-corrected chi connectivity index (χ1v) is 31.8. The molecular formula is C63H116N2O7P+. The number of carbonyl (C=O) groups is 2. The number of hydrogen-bond acceptors (Lipinski definition) is 6. The standard InChI is InChI=1S/C63H115N2O7P/c1-7-10-13-16-19-22-25-27-28-29-30-31-32-33-34-35-36-38-41-44-47-50-53-56-63(67)72-61(54-51-48-45-42-39-24-21-18-15-12-9-3)60(59-71-73(68,69)70-58-57-65(4,5)6)64-62(66)55-52-49-46-43-40-37-26-23-20-17-14-11-8-2/h19,22,27-28,30-31,37,40,46,49,51,54,60-61H,7-18,20-21,23-26,29,32-36,38-39,41-45,47-48,50,52-53,55-59H2,1-6H3,(H-,64,66,68,69)/p+1/b22-19-,28-27-,31-30-,40-37-,49-46+,54-51-. The number of quaternary nitrogens is 1. The summed E-state index contributed by atoms with van der Waals surface area (Å²) in [5.74, 6) is -0.588. The Morgan fingerprint density at radius 2 is 0.849 bits per heavy atom. The van der Waals surface area contributed by atoms with Gasteiger partial charge in [-0.1, -0.05) is 235 Å². The van der Waals surface area contributed by atoms with Gasteiger partial charge in [-0.2, -0.15) is 0 Å². The molecule has 2 N–H and O–H groups in total. The molecule has 0 rings (SSSR count). The topological polar surface area (TPSA) is 111 Å². The van der Waals surface area contributed by atoms with Gasteiger partial charge in [0.25, 0.3) is 0 Å². The van der Waals surface area contributed by atoms with Crippen molar-refractivity contribution in [2.24, 2.45) is 0 Å². The fourth-order valence-corrected chi connectivity index (χ4v) is 9.14. The number of hydrogen-bond donors (Lipinski definition) is 2. The first-order valence-electron chi connectivity index (χ1n) is 30.3. The first kappa shape index (κ1) is 70.5. The van der Waals surface area contributed by atoms with Gasteiger partial charge in [-0.15, -0.1) is 0 Å². The van der Waals surface area contributed by atoms with E-state index in [2.05, 4.69) is 80.8 Å². The Morgan fingerprint density at radius 1 is 0.479 bits per heavy atom. The summed E-state index contributed by atoms with van der Waals surface area (Å²) in [4.78, 5) is 37.6. The summed E-state index contributed by atoms with van der Waals surface area (Å²) in [7, 11) is 1.46. The van der Waals surface area contributed by atoms with Crippen molar-refractivity contribution in [2.45, 2.75) is 277 Å². The Balaban J connectivity index is 5.22. The number of amides is 1. The number of ether oxygens (including phenoxy) is 1. The van der Waals surface area contributed by atoms with Crippen molar-refractivity contribution in [3.8, 4) is 0 Å². The number of phosphoric ester groups is 1. The summed E-state index contributed by atoms with van der Waals surface area (Å²) in [6.07, 6.45) is 67.8. The number of phosphoric acid groups is 1. The largest absolute Gasteiger partial charge is 0.472 e. The van der Waals surface area contributed by atoms with Crippen molar-refractivity contribution in [1.29, 1.82) is 0 Å². The van der Waals surface area contributed by atoms with Crippen LogP contribution in [0.5, 0.6) is 0 Å². The highest BCUT2D eigenvalue weighted by atomic mass is 31.2. The van der Waals surface area contributed by atoms with E-state index >= 15 is 0 Å². The van der Waals surface area contributed by atoms with Gasteiger partial charge in [-0.3, -0.25) is 18.6 Å². The third kappa shape index (κ3) is 54.1. The Kier molecular flexibility index (Phi) is 51.0. The number of likely N-dealkylation sites (N-methyl/N-ethyl adjacent to an activating group) is 1. The molecule has 0 saturated heterocycles. The SMILES string of the molecule is CCCCC/C=C\C/C=C\C/C=C\CCCCCCCCCCCCC(=O)OC(/C=C\CCCCCCCCCCC)C(COP(=O)(O)OCC[N+](C)(C)C)NC(=O)CC/C=C/C/C=C\CCCCCCCC. The van der Waals surface area contributed by atoms with Crippen LogP contribution in [-0.4, -0.2) is 74.3 Å². The fraction of sp³-hybridized carbons (Fsp3) is 0.778. The second-order valence-electron chi connectivity index (χ2n) is 21.5. The number of allylic oxidation sites excluding steroid dienone is 11. The predicted octanol–water partition coefficient (Wildman–Crippen LogP) is 18.4. The number of nitrogens with one attached hydrogen (secondary N) is 1. The summed E-state index contributed by atoms with van der Waals surface area (Å²) in [6.45, 7) is 6.92. The second kappa shape index (κ2) is 52.9. The molecule has 0 spiro atoms. The minimum Gasteiger partial charge on any atom is -0.456 e. The van der Waals surface area contributed by atoms with Crippen molar-refractivity contribution >= 4 is 19.7 Å². The Morgan fingerprint density at radius 3 is 1.30 bits per heavy atom. The molecule has 73 heavy (non-hydrogen) atoms. The Labute approximate surface area is 451 Å². The quantitative estimate of drug-likeness (QED) is 0.0205. The van der Waals surface area contributed by atoms with E-state index in [-0.39, 0.29) is 37.9 Å². The number of nitrogens with zero attached hydrogens (tertiary/aromatic N) is 1. The van der Waals surface area contributed by atoms with Gasteiger partial charge in [0.1, 0.15) is 19.3 Å². The number of rotatable bonds is 54. The van der Waals surface area contributed by atoms with E-state index in [1.54, 1.807) is 0 Å². The third-order valence-corrected chi connectivity index (χ3v) is 14.1. The fourth-order valence-electron chi connectivity index (χ4n) is 8.41. The molecule has 0 aromatic rings. The molecule has 0 aliphatic rings. The molecule has 10 heteroatoms. The maximum absolute atomic E-state index is 13.4. The molecule has 9 nitrogen and oxygen atoms in total. The number of esters is 1. The van der Waals surface area contributed by atoms with Crippen LogP contribution in [0.25, 0.3) is 0 Å². The smallest absolute Gasteiger partial charge is 0.456 e. The average molecular weight is 1040 g/mol. The van der Waals surface area contributed by atoms with Crippen LogP contribution in [0.2, 0.25) is 0 Å². The molecular weight excluding hydrogens is 928 g/mol. The zero-order chi connectivity index (χ0) is 53.6. The highest BCUT2D eigenvalue weighted by Crippen LogP contribution is 2.43. The molecule has 424 valence electrons. The maximum Gasteiger partial charge on any atom is 0.472 e. The van der Waals surface area contributed by atoms with E-state index < -0.39 is 20.0 Å². The Bertz CT molecular complexity index is 1480. The van der Waals surface area contributed by atoms with Gasteiger partial charge >= 0.3 is 13.8 Å². The molecule has 1 amide bonds. The lowest BCUT2D eigenvalue weighted by Gasteiger charge is -2.27. The first-order chi connectivity index (χ1) is 35.4. The normalized spacial score (nSPS) is 14.2. The molecule has 0 aliphatic carbocycles. The monoisotopic (exact) mass is 1040 g/mol. The molecule has 0 fully saturated rings. The van der Waals surface area contributed by atoms with E-state index in [0.29, 0.717) is 17.4 Å². The lowest BCUT2D eigenvalue weighted by Crippen LogP contribution is -2.47. The van der Waals surface area contributed by atoms with Gasteiger partial charge in [0, 0.05) is 12.8 Å². The van der Waals surface area contributed by atoms with Crippen LogP contribution in [0.4, 0.5) is 0 Å². The van der Waals surface area contributed by atoms with Gasteiger partial charge in [-0.25, -0.2) is 4.57 Å². The van der Waals surface area contributed by atoms with Crippen molar-refractivity contribution < 1.29 is 37.3 Å². The predicted molar refractivity (Wildman–Crippen MR) is 314 cm³/mol. The summed E-state index contributed by atoms with van der Waals surface area (Å²) < 4.78 is 30.6. The molecule has 0 saturated carbocycles. The number of carbonyl (C=O) groups excluding carboxylic acids is 2. The van der Waals surface area contributed by atoms with Gasteiger partial charge < -0.3 is 19.4 Å². The van der Waals surface area contributed by atoms with Crippen LogP contribution in [0.15, 0.2) is 72.9 Å². The molecule has 0 radical (unpaired) electrons. The summed E-state index contributed by atoms with van der Waals surface area (Å²) in [5, 5.41) is 3.00. The molecule has 0 aromatic carbocycles. The van der Waals surface area contributed by atoms with Crippen LogP contribution >= 0.6 is 7.82 Å². The van der Waals surface area contributed by atoms with Crippen molar-refractivity contribution in [1.82, 2.24) is 5.32 Å². The van der Waals surface area contributed by atoms with Crippen molar-refractivity contribution in [3.05, 3.63) is 72.9 Å². The van der Waals surface area contributed by atoms with E-state index in [0.717, 1.165) is 64.2 Å². The van der Waals surface area contributed by atoms with Crippen LogP contribution in [0.3, 0.4) is 0 Å². The Hall–Kier alpha value is -2.55. The van der Waals surface area contributed by atoms with Crippen LogP contribution < -0.4 is 5.32 Å². The van der Waals surface area contributed by atoms with Gasteiger partial charge in [-0.05, 0) is 89.5 Å². The summed E-state index contributed by atoms with van der Waals surface area (Å²) in [6, 6.07) is -0.881. The molecule has 3 unspecified atom stereocenters. The van der Waals surface area contributed by atoms with Gasteiger partial charge in [0.2, 0.25) is 5.91 Å². The molecule has 0 aliphatic heterocycles. The molecule has 0 aromatic heterocycles. The zero-order valence-corrected chi connectivity index (χ0v) is 49.3. The third-order valence-electron chi connectivity index (χ3n) is 13.1. The lowest BCUT2D eigenvalue weighted by atomic mass is 10.0. The zero-order valence-electron chi connectivity index (χ0n) is 48.4. The maximum atomic E-state index is 13.4. The van der Waals surface area contributed by atoms with Crippen LogP contribution in [0, 0.1) is 0 Å². The van der Waals surface area contributed by atoms with Crippen molar-refractivity contribution in [3.63, 3.8) is 0 Å². The molecule has 0 bridgehead atoms. The lowest BCUT2D eigenvalue weighted by molar-refractivity contribution is -0.870. The highest BCUT2D eigenvalue weighted by Gasteiger charge is 2.30. The summed E-state index contributed by atoms with van der Waals surface area (Å²) in [5.41, 5.74) is 0. The van der Waals surface area contributed by atoms with Crippen LogP contribution in [-0.2, 0) is 27.9 Å². The molecule has 0 heterocycles. The summed E-state index contributed by atoms with van der Waals surface area (Å²) >= 11 is 0. The average Bonchev–Trinajstić information content (AvgIpc) is 3.35. The van der Waals surface area contributed by atoms with Crippen LogP contribution in [0.1, 0.15) is 265 Å². The van der Waals surface area contributed by atoms with Crippen molar-refractivity contribution in [2.75, 3.05) is 40.9 Å². The van der Waals surface area contributed by atoms with E-state index in [9.17, 15) is 19.0 Å². The van der Waals surface area contributed by atoms with E-state index in [1.807, 2.05) is 39.4 Å². The van der Waals surface area contributed by atoms with Gasteiger partial charge in [0.15, 0.2) is 0 Å². The minimum atomic E-state index is -4.46. The number of unbranched alkanes of at least 4 members (excludes halogenated alkanes) is 28. The van der Waals surface area contributed by atoms with E-state index in [4.69, 9.17) is 13.8 Å². The van der Waals surface area contributed by atoms with E-state index in [1.165, 1.54) is 161 Å². The minimum absolute atomic E-state index is 0.0285. The highest BCUT2D eigenvalue weighted by molar-refractivity contribution is 7.47. The van der Waals surface area contributed by atoms with Gasteiger partial charge in [0.05, 0.1) is 33.8 Å².